The van der Waals surface area contributed by atoms with E-state index in [2.05, 4.69) is 16.7 Å². The van der Waals surface area contributed by atoms with Crippen molar-refractivity contribution in [1.29, 1.82) is 5.26 Å². The number of nitriles is 1. The van der Waals surface area contributed by atoms with Crippen LogP contribution in [0.15, 0.2) is 11.8 Å². The molecular weight excluding hydrogens is 150 g/mol. The predicted octanol–water partition coefficient (Wildman–Crippen LogP) is 0.755. The van der Waals surface area contributed by atoms with E-state index in [1.807, 2.05) is 20.0 Å². The first-order valence-electron chi connectivity index (χ1n) is 4.17. The van der Waals surface area contributed by atoms with Gasteiger partial charge in [-0.25, -0.2) is 0 Å². The molecule has 0 radical (unpaired) electrons. The van der Waals surface area contributed by atoms with Crippen molar-refractivity contribution in [1.82, 2.24) is 10.6 Å². The molecule has 0 aromatic rings. The van der Waals surface area contributed by atoms with E-state index < -0.39 is 0 Å². The van der Waals surface area contributed by atoms with Gasteiger partial charge < -0.3 is 10.6 Å². The molecule has 1 aliphatic heterocycles. The standard InChI is InChI=1S/C9H15N3/c1-8(2)5-12-9(3-4-10)6-11-7-9/h5,11-12H,3,6-7H2,1-2H3. The average Bonchev–Trinajstić information content (AvgIpc) is 1.94. The normalized spacial score (nSPS) is 18.8. The Hall–Kier alpha value is -1.01. The second-order valence-corrected chi connectivity index (χ2v) is 3.58. The summed E-state index contributed by atoms with van der Waals surface area (Å²) in [6, 6.07) is 2.20. The monoisotopic (exact) mass is 165 g/mol. The van der Waals surface area contributed by atoms with E-state index in [4.69, 9.17) is 5.26 Å². The second kappa shape index (κ2) is 3.59. The van der Waals surface area contributed by atoms with Crippen LogP contribution in [0, 0.1) is 11.3 Å². The van der Waals surface area contributed by atoms with Crippen molar-refractivity contribution in [2.45, 2.75) is 25.8 Å². The largest absolute Gasteiger partial charge is 0.382 e. The van der Waals surface area contributed by atoms with Crippen molar-refractivity contribution in [3.05, 3.63) is 11.8 Å². The van der Waals surface area contributed by atoms with Crippen LogP contribution >= 0.6 is 0 Å². The lowest BCUT2D eigenvalue weighted by Crippen LogP contribution is -2.66. The molecule has 0 aliphatic carbocycles. The van der Waals surface area contributed by atoms with Crippen LogP contribution in [0.4, 0.5) is 0 Å². The summed E-state index contributed by atoms with van der Waals surface area (Å²) in [6.07, 6.45) is 2.56. The lowest BCUT2D eigenvalue weighted by Gasteiger charge is -2.41. The molecular formula is C9H15N3. The maximum absolute atomic E-state index is 8.59. The Kier molecular flexibility index (Phi) is 2.72. The number of hydrogen-bond acceptors (Lipinski definition) is 3. The molecule has 3 nitrogen and oxygen atoms in total. The zero-order valence-corrected chi connectivity index (χ0v) is 7.65. The lowest BCUT2D eigenvalue weighted by atomic mass is 9.89. The van der Waals surface area contributed by atoms with Crippen molar-refractivity contribution in [3.63, 3.8) is 0 Å². The molecule has 3 heteroatoms. The Bertz CT molecular complexity index is 216. The molecule has 0 saturated carbocycles. The fraction of sp³-hybridized carbons (Fsp3) is 0.667. The summed E-state index contributed by atoms with van der Waals surface area (Å²) >= 11 is 0. The lowest BCUT2D eigenvalue weighted by molar-refractivity contribution is 0.244. The molecule has 0 aromatic heterocycles. The molecule has 0 bridgehead atoms. The van der Waals surface area contributed by atoms with Crippen LogP contribution in [0.1, 0.15) is 20.3 Å². The first-order chi connectivity index (χ1) is 5.68. The highest BCUT2D eigenvalue weighted by Gasteiger charge is 2.35. The van der Waals surface area contributed by atoms with Crippen molar-refractivity contribution < 1.29 is 0 Å². The molecule has 1 saturated heterocycles. The molecule has 1 aliphatic rings. The molecule has 0 amide bonds. The highest BCUT2D eigenvalue weighted by Crippen LogP contribution is 2.15. The van der Waals surface area contributed by atoms with Gasteiger partial charge in [0.15, 0.2) is 0 Å². The van der Waals surface area contributed by atoms with Crippen molar-refractivity contribution in [2.24, 2.45) is 0 Å². The average molecular weight is 165 g/mol. The van der Waals surface area contributed by atoms with Gasteiger partial charge in [-0.05, 0) is 20.0 Å². The van der Waals surface area contributed by atoms with E-state index in [0.717, 1.165) is 13.1 Å². The van der Waals surface area contributed by atoms with Gasteiger partial charge in [0, 0.05) is 13.1 Å². The second-order valence-electron chi connectivity index (χ2n) is 3.58. The Morgan fingerprint density at radius 3 is 2.67 bits per heavy atom. The van der Waals surface area contributed by atoms with Gasteiger partial charge in [-0.1, -0.05) is 5.57 Å². The third-order valence-electron chi connectivity index (χ3n) is 2.01. The van der Waals surface area contributed by atoms with E-state index in [9.17, 15) is 0 Å². The van der Waals surface area contributed by atoms with Gasteiger partial charge >= 0.3 is 0 Å². The molecule has 0 spiro atoms. The Morgan fingerprint density at radius 2 is 2.33 bits per heavy atom. The van der Waals surface area contributed by atoms with Gasteiger partial charge in [-0.15, -0.1) is 0 Å². The Balaban J connectivity index is 2.46. The summed E-state index contributed by atoms with van der Waals surface area (Å²) in [5.41, 5.74) is 1.24. The summed E-state index contributed by atoms with van der Waals surface area (Å²) < 4.78 is 0. The van der Waals surface area contributed by atoms with E-state index in [1.54, 1.807) is 0 Å². The molecule has 1 rings (SSSR count). The van der Waals surface area contributed by atoms with E-state index in [1.165, 1.54) is 5.57 Å². The molecule has 0 aromatic carbocycles. The van der Waals surface area contributed by atoms with E-state index in [0.29, 0.717) is 6.42 Å². The van der Waals surface area contributed by atoms with Crippen molar-refractivity contribution in [2.75, 3.05) is 13.1 Å². The highest BCUT2D eigenvalue weighted by atomic mass is 15.1. The van der Waals surface area contributed by atoms with Crippen molar-refractivity contribution in [3.8, 4) is 6.07 Å². The number of hydrogen-bond donors (Lipinski definition) is 2. The molecule has 66 valence electrons. The summed E-state index contributed by atoms with van der Waals surface area (Å²) in [6.45, 7) is 5.87. The minimum atomic E-state index is 0.00597. The first-order valence-corrected chi connectivity index (χ1v) is 4.17. The van der Waals surface area contributed by atoms with Crippen LogP contribution in [-0.2, 0) is 0 Å². The Labute approximate surface area is 73.5 Å². The maximum atomic E-state index is 8.59. The minimum absolute atomic E-state index is 0.00597. The quantitative estimate of drug-likeness (QED) is 0.649. The fourth-order valence-corrected chi connectivity index (χ4v) is 1.15. The van der Waals surface area contributed by atoms with Crippen LogP contribution < -0.4 is 10.6 Å². The topological polar surface area (TPSA) is 47.9 Å². The third kappa shape index (κ3) is 1.99. The minimum Gasteiger partial charge on any atom is -0.382 e. The predicted molar refractivity (Wildman–Crippen MR) is 48.4 cm³/mol. The summed E-state index contributed by atoms with van der Waals surface area (Å²) in [5, 5.41) is 15.0. The summed E-state index contributed by atoms with van der Waals surface area (Å²) in [4.78, 5) is 0. The van der Waals surface area contributed by atoms with Crippen LogP contribution in [-0.4, -0.2) is 18.6 Å². The van der Waals surface area contributed by atoms with Crippen LogP contribution in [0.2, 0.25) is 0 Å². The smallest absolute Gasteiger partial charge is 0.0746 e. The van der Waals surface area contributed by atoms with E-state index in [-0.39, 0.29) is 5.54 Å². The fourth-order valence-electron chi connectivity index (χ4n) is 1.15. The number of rotatable bonds is 3. The molecule has 1 heterocycles. The number of nitrogens with one attached hydrogen (secondary N) is 2. The SMILES string of the molecule is CC(C)=CNC1(CC#N)CNC1. The highest BCUT2D eigenvalue weighted by molar-refractivity contribution is 5.09. The van der Waals surface area contributed by atoms with E-state index >= 15 is 0 Å². The third-order valence-corrected chi connectivity index (χ3v) is 2.01. The van der Waals surface area contributed by atoms with Gasteiger partial charge in [0.2, 0.25) is 0 Å². The zero-order chi connectivity index (χ0) is 9.03. The van der Waals surface area contributed by atoms with Crippen LogP contribution in [0.25, 0.3) is 0 Å². The molecule has 1 fully saturated rings. The molecule has 0 unspecified atom stereocenters. The van der Waals surface area contributed by atoms with Gasteiger partial charge in [0.1, 0.15) is 0 Å². The molecule has 0 atom stereocenters. The molecule has 12 heavy (non-hydrogen) atoms. The Morgan fingerprint density at radius 1 is 1.67 bits per heavy atom. The van der Waals surface area contributed by atoms with Crippen molar-refractivity contribution >= 4 is 0 Å². The number of nitrogens with zero attached hydrogens (tertiary/aromatic N) is 1. The molecule has 2 N–H and O–H groups in total. The maximum Gasteiger partial charge on any atom is 0.0746 e. The summed E-state index contributed by atoms with van der Waals surface area (Å²) in [7, 11) is 0. The first kappa shape index (κ1) is 9.08. The summed E-state index contributed by atoms with van der Waals surface area (Å²) in [5.74, 6) is 0. The van der Waals surface area contributed by atoms with Gasteiger partial charge in [-0.3, -0.25) is 0 Å². The van der Waals surface area contributed by atoms with Gasteiger partial charge in [0.25, 0.3) is 0 Å². The van der Waals surface area contributed by atoms with Crippen LogP contribution in [0.3, 0.4) is 0 Å². The van der Waals surface area contributed by atoms with Gasteiger partial charge in [-0.2, -0.15) is 5.26 Å². The zero-order valence-electron chi connectivity index (χ0n) is 7.65. The van der Waals surface area contributed by atoms with Crippen LogP contribution in [0.5, 0.6) is 0 Å². The number of allylic oxidation sites excluding steroid dienone is 1. The van der Waals surface area contributed by atoms with Gasteiger partial charge in [0.05, 0.1) is 18.0 Å².